The molecule has 82 valence electrons. The first kappa shape index (κ1) is 12.2. The summed E-state index contributed by atoms with van der Waals surface area (Å²) in [6.45, 7) is 0. The van der Waals surface area contributed by atoms with Crippen molar-refractivity contribution in [3.63, 3.8) is 0 Å². The van der Waals surface area contributed by atoms with E-state index in [0.717, 1.165) is 6.07 Å². The van der Waals surface area contributed by atoms with Gasteiger partial charge in [-0.1, -0.05) is 11.6 Å². The number of alkyl halides is 3. The highest BCUT2D eigenvalue weighted by Crippen LogP contribution is 2.32. The largest absolute Gasteiger partial charge is 0.419 e. The number of hydrogen-bond donors (Lipinski definition) is 1. The Kier molecular flexibility index (Phi) is 3.51. The summed E-state index contributed by atoms with van der Waals surface area (Å²) in [5.74, 6) is -1.34. The second kappa shape index (κ2) is 4.32. The zero-order valence-electron chi connectivity index (χ0n) is 7.03. The number of rotatable bonds is 1. The summed E-state index contributed by atoms with van der Waals surface area (Å²) in [6.07, 6.45) is -4.74. The first-order valence-corrected chi connectivity index (χ1v) is 4.42. The van der Waals surface area contributed by atoms with Crippen LogP contribution in [-0.2, 0) is 6.18 Å². The molecule has 0 fully saturated rings. The minimum atomic E-state index is -4.74. The van der Waals surface area contributed by atoms with Crippen LogP contribution in [0.3, 0.4) is 0 Å². The van der Waals surface area contributed by atoms with Crippen molar-refractivity contribution >= 4 is 34.0 Å². The molecule has 1 nitrogen and oxygen atoms in total. The molecular formula is C8H4ClF4NS. The fourth-order valence-corrected chi connectivity index (χ4v) is 1.16. The van der Waals surface area contributed by atoms with E-state index in [1.807, 2.05) is 0 Å². The van der Waals surface area contributed by atoms with Gasteiger partial charge in [0.2, 0.25) is 0 Å². The highest BCUT2D eigenvalue weighted by molar-refractivity contribution is 7.83. The predicted molar refractivity (Wildman–Crippen MR) is 53.5 cm³/mol. The number of halogens is 5. The smallest absolute Gasteiger partial charge is 0.337 e. The van der Waals surface area contributed by atoms with E-state index in [9.17, 15) is 17.6 Å². The second-order valence-corrected chi connectivity index (χ2v) is 3.60. The lowest BCUT2D eigenvalue weighted by Crippen LogP contribution is -2.10. The van der Waals surface area contributed by atoms with Crippen molar-refractivity contribution < 1.29 is 17.6 Å². The van der Waals surface area contributed by atoms with Crippen molar-refractivity contribution in [3.8, 4) is 0 Å². The molecule has 0 aliphatic heterocycles. The number of benzene rings is 1. The van der Waals surface area contributed by atoms with Gasteiger partial charge < -0.3 is 5.32 Å². The Morgan fingerprint density at radius 2 is 1.93 bits per heavy atom. The van der Waals surface area contributed by atoms with Crippen molar-refractivity contribution in [2.75, 3.05) is 5.32 Å². The van der Waals surface area contributed by atoms with Gasteiger partial charge in [-0.15, -0.1) is 0 Å². The van der Waals surface area contributed by atoms with Gasteiger partial charge >= 0.3 is 6.18 Å². The average molecular weight is 258 g/mol. The van der Waals surface area contributed by atoms with Crippen molar-refractivity contribution in [3.05, 3.63) is 29.6 Å². The summed E-state index contributed by atoms with van der Waals surface area (Å²) >= 11 is 9.69. The van der Waals surface area contributed by atoms with Gasteiger partial charge in [0, 0.05) is 5.69 Å². The topological polar surface area (TPSA) is 12.0 Å². The lowest BCUT2D eigenvalue weighted by atomic mass is 10.2. The van der Waals surface area contributed by atoms with E-state index in [1.54, 1.807) is 0 Å². The molecule has 0 heterocycles. The zero-order chi connectivity index (χ0) is 11.6. The number of anilines is 1. The average Bonchev–Trinajstić information content (AvgIpc) is 2.05. The van der Waals surface area contributed by atoms with Gasteiger partial charge in [-0.05, 0) is 30.4 Å². The molecule has 0 aliphatic carbocycles. The SMILES string of the molecule is Fc1ccc(NC(=S)Cl)cc1C(F)(F)F. The molecule has 15 heavy (non-hydrogen) atoms. The standard InChI is InChI=1S/C8H4ClF4NS/c9-7(15)14-4-1-2-6(10)5(3-4)8(11,12)13/h1-3H,(H,14,15). The van der Waals surface area contributed by atoms with Crippen molar-refractivity contribution in [1.82, 2.24) is 0 Å². The summed E-state index contributed by atoms with van der Waals surface area (Å²) < 4.78 is 49.3. The monoisotopic (exact) mass is 257 g/mol. The summed E-state index contributed by atoms with van der Waals surface area (Å²) in [7, 11) is 0. The molecular weight excluding hydrogens is 254 g/mol. The Bertz CT molecular complexity index is 391. The van der Waals surface area contributed by atoms with Crippen molar-refractivity contribution in [1.29, 1.82) is 0 Å². The first-order chi connectivity index (χ1) is 6.80. The predicted octanol–water partition coefficient (Wildman–Crippen LogP) is 3.78. The lowest BCUT2D eigenvalue weighted by Gasteiger charge is -2.10. The minimum Gasteiger partial charge on any atom is -0.337 e. The van der Waals surface area contributed by atoms with E-state index in [1.165, 1.54) is 0 Å². The number of nitrogens with one attached hydrogen (secondary N) is 1. The van der Waals surface area contributed by atoms with Crippen molar-refractivity contribution in [2.24, 2.45) is 0 Å². The third kappa shape index (κ3) is 3.32. The third-order valence-corrected chi connectivity index (χ3v) is 1.71. The summed E-state index contributed by atoms with van der Waals surface area (Å²) in [5, 5.41) is 2.27. The molecule has 0 unspecified atom stereocenters. The molecule has 0 aliphatic rings. The maximum absolute atomic E-state index is 12.8. The van der Waals surface area contributed by atoms with Crippen LogP contribution in [-0.4, -0.2) is 4.45 Å². The van der Waals surface area contributed by atoms with Gasteiger partial charge in [-0.3, -0.25) is 0 Å². The molecule has 0 atom stereocenters. The van der Waals surface area contributed by atoms with Crippen LogP contribution in [0.25, 0.3) is 0 Å². The summed E-state index contributed by atoms with van der Waals surface area (Å²) in [6, 6.07) is 2.41. The van der Waals surface area contributed by atoms with Gasteiger partial charge in [0.15, 0.2) is 4.45 Å². The zero-order valence-corrected chi connectivity index (χ0v) is 8.60. The fourth-order valence-electron chi connectivity index (χ4n) is 0.934. The molecule has 7 heteroatoms. The van der Waals surface area contributed by atoms with Crippen LogP contribution in [0.4, 0.5) is 23.2 Å². The Hall–Kier alpha value is -0.880. The third-order valence-electron chi connectivity index (χ3n) is 1.51. The molecule has 0 spiro atoms. The molecule has 0 aromatic heterocycles. The fraction of sp³-hybridized carbons (Fsp3) is 0.125. The molecule has 0 saturated carbocycles. The van der Waals surface area contributed by atoms with Crippen LogP contribution in [0.2, 0.25) is 0 Å². The molecule has 1 N–H and O–H groups in total. The van der Waals surface area contributed by atoms with Crippen LogP contribution in [0.15, 0.2) is 18.2 Å². The Labute approximate surface area is 93.0 Å². The van der Waals surface area contributed by atoms with Gasteiger partial charge in [-0.2, -0.15) is 13.2 Å². The van der Waals surface area contributed by atoms with Crippen LogP contribution in [0.1, 0.15) is 5.56 Å². The number of hydrogen-bond acceptors (Lipinski definition) is 1. The molecule has 0 radical (unpaired) electrons. The Balaban J connectivity index is 3.11. The molecule has 1 aromatic rings. The second-order valence-electron chi connectivity index (χ2n) is 2.59. The molecule has 0 amide bonds. The normalized spacial score (nSPS) is 11.3. The Morgan fingerprint density at radius 3 is 2.40 bits per heavy atom. The van der Waals surface area contributed by atoms with Gasteiger partial charge in [0.05, 0.1) is 5.56 Å². The van der Waals surface area contributed by atoms with E-state index < -0.39 is 17.6 Å². The lowest BCUT2D eigenvalue weighted by molar-refractivity contribution is -0.139. The van der Waals surface area contributed by atoms with Gasteiger partial charge in [0.25, 0.3) is 0 Å². The van der Waals surface area contributed by atoms with Crippen LogP contribution in [0.5, 0.6) is 0 Å². The minimum absolute atomic E-state index is 0.0104. The quantitative estimate of drug-likeness (QED) is 0.356. The molecule has 0 bridgehead atoms. The van der Waals surface area contributed by atoms with Crippen LogP contribution in [0, 0.1) is 5.82 Å². The van der Waals surface area contributed by atoms with Crippen molar-refractivity contribution in [2.45, 2.75) is 6.18 Å². The first-order valence-electron chi connectivity index (χ1n) is 3.64. The van der Waals surface area contributed by atoms with Gasteiger partial charge in [-0.25, -0.2) is 4.39 Å². The molecule has 1 rings (SSSR count). The van der Waals surface area contributed by atoms with Crippen LogP contribution >= 0.6 is 23.8 Å². The summed E-state index contributed by atoms with van der Waals surface area (Å²) in [5.41, 5.74) is -1.37. The number of thiocarbonyl (C=S) groups is 1. The van der Waals surface area contributed by atoms with Gasteiger partial charge in [0.1, 0.15) is 5.82 Å². The molecule has 0 saturated heterocycles. The van der Waals surface area contributed by atoms with E-state index in [4.69, 9.17) is 11.6 Å². The maximum atomic E-state index is 12.8. The summed E-state index contributed by atoms with van der Waals surface area (Å²) in [4.78, 5) is 0. The van der Waals surface area contributed by atoms with Crippen LogP contribution < -0.4 is 5.32 Å². The van der Waals surface area contributed by atoms with E-state index >= 15 is 0 Å². The highest BCUT2D eigenvalue weighted by atomic mass is 35.5. The maximum Gasteiger partial charge on any atom is 0.419 e. The highest BCUT2D eigenvalue weighted by Gasteiger charge is 2.34. The Morgan fingerprint density at radius 1 is 1.33 bits per heavy atom. The van der Waals surface area contributed by atoms with E-state index in [-0.39, 0.29) is 10.1 Å². The van der Waals surface area contributed by atoms with E-state index in [0.29, 0.717) is 12.1 Å². The molecule has 1 aromatic carbocycles. The van der Waals surface area contributed by atoms with E-state index in [2.05, 4.69) is 17.5 Å².